The lowest BCUT2D eigenvalue weighted by molar-refractivity contribution is -0.134. The van der Waals surface area contributed by atoms with Crippen molar-refractivity contribution >= 4 is 38.1 Å². The predicted molar refractivity (Wildman–Crippen MR) is 224 cm³/mol. The quantitative estimate of drug-likeness (QED) is 0.129. The fraction of sp³-hybridized carbons (Fsp3) is 0.195. The molecule has 63 heavy (non-hydrogen) atoms. The van der Waals surface area contributed by atoms with Gasteiger partial charge in [0, 0.05) is 86.4 Å². The molecule has 0 saturated carbocycles. The monoisotopic (exact) mass is 908 g/mol. The molecule has 1 amide bonds. The molecular formula is C41H42F2N8O10S2. The summed E-state index contributed by atoms with van der Waals surface area (Å²) in [5.74, 6) is -3.77. The summed E-state index contributed by atoms with van der Waals surface area (Å²) < 4.78 is 88.3. The molecule has 18 nitrogen and oxygen atoms in total. The summed E-state index contributed by atoms with van der Waals surface area (Å²) in [6.45, 7) is 5.76. The molecule has 332 valence electrons. The van der Waals surface area contributed by atoms with Gasteiger partial charge in [0.1, 0.15) is 15.4 Å². The van der Waals surface area contributed by atoms with Crippen molar-refractivity contribution in [3.8, 4) is 22.5 Å². The Balaban J connectivity index is 0.000000241. The molecule has 0 atom stereocenters. The Morgan fingerprint density at radius 3 is 1.54 bits per heavy atom. The fourth-order valence-corrected chi connectivity index (χ4v) is 8.10. The highest BCUT2D eigenvalue weighted by Gasteiger charge is 2.26. The zero-order valence-corrected chi connectivity index (χ0v) is 36.0. The Labute approximate surface area is 361 Å². The molecule has 6 rings (SSSR count). The Morgan fingerprint density at radius 2 is 1.16 bits per heavy atom. The number of halogens is 2. The number of hydrogen-bond acceptors (Lipinski definition) is 13. The molecule has 3 N–H and O–H groups in total. The van der Waals surface area contributed by atoms with E-state index in [2.05, 4.69) is 25.3 Å². The largest absolute Gasteiger partial charge is 0.478 e. The molecule has 6 heterocycles. The van der Waals surface area contributed by atoms with Crippen molar-refractivity contribution in [1.29, 1.82) is 0 Å². The maximum absolute atomic E-state index is 14.5. The van der Waals surface area contributed by atoms with Crippen molar-refractivity contribution in [3.63, 3.8) is 0 Å². The molecule has 0 aliphatic carbocycles. The number of amides is 1. The van der Waals surface area contributed by atoms with Crippen LogP contribution in [0.15, 0.2) is 132 Å². The summed E-state index contributed by atoms with van der Waals surface area (Å²) in [7, 11) is -4.67. The highest BCUT2D eigenvalue weighted by Crippen LogP contribution is 2.30. The van der Waals surface area contributed by atoms with Crippen LogP contribution in [0.25, 0.3) is 22.5 Å². The molecule has 0 spiro atoms. The lowest BCUT2D eigenvalue weighted by atomic mass is 10.2. The second kappa shape index (κ2) is 21.1. The van der Waals surface area contributed by atoms with Gasteiger partial charge in [-0.3, -0.25) is 19.9 Å². The van der Waals surface area contributed by atoms with Crippen molar-refractivity contribution < 1.29 is 54.9 Å². The third-order valence-corrected chi connectivity index (χ3v) is 11.4. The van der Waals surface area contributed by atoms with E-state index in [9.17, 15) is 40.0 Å². The molecular weight excluding hydrogens is 867 g/mol. The zero-order valence-electron chi connectivity index (χ0n) is 34.3. The fourth-order valence-electron chi connectivity index (χ4n) is 5.38. The summed E-state index contributed by atoms with van der Waals surface area (Å²) in [6, 6.07) is 11.9. The van der Waals surface area contributed by atoms with E-state index in [0.29, 0.717) is 24.3 Å². The van der Waals surface area contributed by atoms with Crippen LogP contribution in [0, 0.1) is 11.6 Å². The second-order valence-electron chi connectivity index (χ2n) is 14.0. The molecule has 6 aromatic heterocycles. The third kappa shape index (κ3) is 13.2. The van der Waals surface area contributed by atoms with Gasteiger partial charge < -0.3 is 25.2 Å². The molecule has 22 heteroatoms. The number of pyridine rings is 4. The van der Waals surface area contributed by atoms with Gasteiger partial charge in [0.15, 0.2) is 11.6 Å². The van der Waals surface area contributed by atoms with Crippen LogP contribution in [0.4, 0.5) is 13.6 Å². The van der Waals surface area contributed by atoms with Crippen LogP contribution in [0.1, 0.15) is 31.9 Å². The van der Waals surface area contributed by atoms with Crippen molar-refractivity contribution in [3.05, 3.63) is 145 Å². The van der Waals surface area contributed by atoms with Gasteiger partial charge in [-0.2, -0.15) is 0 Å². The van der Waals surface area contributed by atoms with Crippen molar-refractivity contribution in [2.45, 2.75) is 49.3 Å². The average Bonchev–Trinajstić information content (AvgIpc) is 3.86. The lowest BCUT2D eigenvalue weighted by Gasteiger charge is -2.24. The minimum atomic E-state index is -4.07. The third-order valence-electron chi connectivity index (χ3n) is 8.04. The maximum atomic E-state index is 14.5. The van der Waals surface area contributed by atoms with E-state index in [4.69, 9.17) is 14.9 Å². The van der Waals surface area contributed by atoms with Gasteiger partial charge in [-0.25, -0.2) is 47.9 Å². The van der Waals surface area contributed by atoms with Crippen molar-refractivity contribution in [1.82, 2.24) is 38.1 Å². The van der Waals surface area contributed by atoms with Crippen LogP contribution < -0.4 is 5.32 Å². The van der Waals surface area contributed by atoms with Gasteiger partial charge in [0.2, 0.25) is 0 Å². The minimum absolute atomic E-state index is 0.0346. The van der Waals surface area contributed by atoms with Crippen LogP contribution in [-0.2, 0) is 47.5 Å². The number of carboxylic acid groups (broad SMARTS) is 2. The number of aromatic nitrogens is 6. The number of nitrogens with zero attached hydrogens (tertiary/aromatic N) is 7. The first-order valence-corrected chi connectivity index (χ1v) is 21.2. The second-order valence-corrected chi connectivity index (χ2v) is 17.7. The van der Waals surface area contributed by atoms with Gasteiger partial charge in [-0.15, -0.1) is 0 Å². The number of nitrogens with one attached hydrogen (secondary N) is 1. The van der Waals surface area contributed by atoms with Gasteiger partial charge in [0.05, 0.1) is 30.3 Å². The highest BCUT2D eigenvalue weighted by molar-refractivity contribution is 7.90. The topological polar surface area (TPSA) is 246 Å². The van der Waals surface area contributed by atoms with Crippen molar-refractivity contribution in [2.24, 2.45) is 0 Å². The molecule has 0 aliphatic heterocycles. The first-order chi connectivity index (χ1) is 29.6. The smallest absolute Gasteiger partial charge is 0.410 e. The van der Waals surface area contributed by atoms with Crippen LogP contribution in [-0.4, -0.2) is 97.6 Å². The van der Waals surface area contributed by atoms with E-state index in [0.717, 1.165) is 25.9 Å². The molecule has 0 unspecified atom stereocenters. The van der Waals surface area contributed by atoms with E-state index >= 15 is 0 Å². The summed E-state index contributed by atoms with van der Waals surface area (Å²) in [4.78, 5) is 47.8. The van der Waals surface area contributed by atoms with Crippen LogP contribution in [0.2, 0.25) is 0 Å². The Morgan fingerprint density at radius 1 is 0.730 bits per heavy atom. The number of carbonyl (C=O) groups is 3. The number of carbonyl (C=O) groups excluding carboxylic acids is 1. The maximum Gasteiger partial charge on any atom is 0.410 e. The van der Waals surface area contributed by atoms with Gasteiger partial charge in [-0.05, 0) is 87.5 Å². The highest BCUT2D eigenvalue weighted by atomic mass is 32.2. The predicted octanol–water partition coefficient (Wildman–Crippen LogP) is 5.44. The van der Waals surface area contributed by atoms with E-state index in [1.54, 1.807) is 33.9 Å². The number of rotatable bonds is 12. The van der Waals surface area contributed by atoms with E-state index < -0.39 is 55.3 Å². The summed E-state index contributed by atoms with van der Waals surface area (Å²) in [5, 5.41) is 18.6. The molecule has 0 radical (unpaired) electrons. The van der Waals surface area contributed by atoms with E-state index in [1.165, 1.54) is 104 Å². The number of hydrogen-bond donors (Lipinski definition) is 3. The Hall–Kier alpha value is -7.17. The molecule has 0 aliphatic rings. The minimum Gasteiger partial charge on any atom is -0.478 e. The SMILES string of the molecule is CN(Cc1cc(-c2ccncc2F)n(S(=O)(=O)c2cccnc2)c1)C(=O)OC(C)(C)C.CNCc1cc(-c2ccncc2F)n(S(=O)(=O)c2cccnc2)c1.O=C(O)/C=C/C(=O)O. The Kier molecular flexibility index (Phi) is 16.2. The van der Waals surface area contributed by atoms with Gasteiger partial charge in [-0.1, -0.05) is 0 Å². The van der Waals surface area contributed by atoms with E-state index in [1.807, 2.05) is 0 Å². The number of aliphatic carboxylic acids is 2. The first kappa shape index (κ1) is 48.5. The molecule has 6 aromatic rings. The standard InChI is InChI=1S/C21H23FN4O4S.C16H15FN4O2S.C4H4O4/c1-21(2,3)30-20(27)25(4)13-15-10-19(17-7-9-24-12-18(17)22)26(14-15)31(28,29)16-6-5-8-23-11-16;1-18-8-12-7-16(14-4-6-20-10-15(14)17)21(11-12)24(22,23)13-3-2-5-19-9-13;5-3(6)1-2-4(7)8/h5-12,14H,13H2,1-4H3;2-7,9-11,18H,8H2,1H3;1-2H,(H,5,6)(H,7,8)/b;;2-1+. The summed E-state index contributed by atoms with van der Waals surface area (Å²) in [5.41, 5.74) is 1.10. The summed E-state index contributed by atoms with van der Waals surface area (Å²) in [6.07, 6.45) is 13.7. The Bertz CT molecular complexity index is 2780. The zero-order chi connectivity index (χ0) is 46.5. The van der Waals surface area contributed by atoms with Gasteiger partial charge >= 0.3 is 18.0 Å². The number of ether oxygens (including phenoxy) is 1. The molecule has 0 fully saturated rings. The van der Waals surface area contributed by atoms with Crippen LogP contribution >= 0.6 is 0 Å². The average molecular weight is 909 g/mol. The lowest BCUT2D eigenvalue weighted by Crippen LogP contribution is -2.33. The molecule has 0 bridgehead atoms. The first-order valence-electron chi connectivity index (χ1n) is 18.3. The number of carboxylic acids is 2. The van der Waals surface area contributed by atoms with Crippen molar-refractivity contribution in [2.75, 3.05) is 14.1 Å². The molecule has 0 aromatic carbocycles. The van der Waals surface area contributed by atoms with Crippen LogP contribution in [0.3, 0.4) is 0 Å². The summed E-state index contributed by atoms with van der Waals surface area (Å²) >= 11 is 0. The van der Waals surface area contributed by atoms with E-state index in [-0.39, 0.29) is 38.9 Å². The van der Waals surface area contributed by atoms with Gasteiger partial charge in [0.25, 0.3) is 20.0 Å². The van der Waals surface area contributed by atoms with Crippen LogP contribution in [0.5, 0.6) is 0 Å². The molecule has 0 saturated heterocycles. The normalized spacial score (nSPS) is 11.5.